The average Bonchev–Trinajstić information content (AvgIpc) is 2.21. The van der Waals surface area contributed by atoms with Gasteiger partial charge in [0.05, 0.1) is 0 Å². The lowest BCUT2D eigenvalue weighted by Crippen LogP contribution is -2.41. The predicted octanol–water partition coefficient (Wildman–Crippen LogP) is 3.54. The summed E-state index contributed by atoms with van der Waals surface area (Å²) in [5, 5.41) is 6.03. The summed E-state index contributed by atoms with van der Waals surface area (Å²) in [6, 6.07) is 5.68. The molecule has 0 spiro atoms. The smallest absolute Gasteiger partial charge is 0.242 e. The van der Waals surface area contributed by atoms with Gasteiger partial charge in [0.1, 0.15) is 6.04 Å². The molecule has 0 heterocycles. The summed E-state index contributed by atoms with van der Waals surface area (Å²) in [5.41, 5.74) is 0.902. The third kappa shape index (κ3) is 4.68. The van der Waals surface area contributed by atoms with Gasteiger partial charge in [-0.05, 0) is 54.9 Å². The van der Waals surface area contributed by atoms with Crippen molar-refractivity contribution in [1.29, 1.82) is 0 Å². The Labute approximate surface area is 119 Å². The van der Waals surface area contributed by atoms with E-state index in [4.69, 9.17) is 0 Å². The van der Waals surface area contributed by atoms with Crippen LogP contribution in [0.25, 0.3) is 0 Å². The monoisotopic (exact) mass is 362 g/mol. The van der Waals surface area contributed by atoms with E-state index in [2.05, 4.69) is 42.5 Å². The van der Waals surface area contributed by atoms with E-state index >= 15 is 0 Å². The van der Waals surface area contributed by atoms with Crippen LogP contribution in [-0.4, -0.2) is 18.0 Å². The highest BCUT2D eigenvalue weighted by Crippen LogP contribution is 2.26. The van der Waals surface area contributed by atoms with Crippen LogP contribution in [0.3, 0.4) is 0 Å². The van der Waals surface area contributed by atoms with Crippen LogP contribution in [0.5, 0.6) is 0 Å². The van der Waals surface area contributed by atoms with Crippen molar-refractivity contribution in [2.24, 2.45) is 0 Å². The van der Waals surface area contributed by atoms with Crippen LogP contribution in [0.2, 0.25) is 0 Å². The third-order valence-corrected chi connectivity index (χ3v) is 3.28. The zero-order valence-corrected chi connectivity index (χ0v) is 13.2. The first kappa shape index (κ1) is 14.5. The number of amides is 1. The topological polar surface area (TPSA) is 41.1 Å². The number of rotatable bonds is 4. The molecule has 1 unspecified atom stereocenters. The Balaban J connectivity index is 2.67. The second-order valence-corrected chi connectivity index (χ2v) is 5.92. The minimum atomic E-state index is -0.269. The molecule has 0 aliphatic rings. The van der Waals surface area contributed by atoms with Gasteiger partial charge in [-0.1, -0.05) is 15.9 Å². The summed E-state index contributed by atoms with van der Waals surface area (Å²) in [5.74, 6) is -0.00480. The van der Waals surface area contributed by atoms with E-state index in [9.17, 15) is 4.79 Å². The molecule has 5 heteroatoms. The number of anilines is 1. The van der Waals surface area contributed by atoms with Gasteiger partial charge in [0.25, 0.3) is 0 Å². The molecule has 0 saturated heterocycles. The van der Waals surface area contributed by atoms with Gasteiger partial charge in [0.2, 0.25) is 5.91 Å². The predicted molar refractivity (Wildman–Crippen MR) is 78.2 cm³/mol. The first-order valence-corrected chi connectivity index (χ1v) is 7.00. The maximum Gasteiger partial charge on any atom is 0.242 e. The molecule has 17 heavy (non-hydrogen) atoms. The summed E-state index contributed by atoms with van der Waals surface area (Å²) >= 11 is 6.84. The number of hydrogen-bond donors (Lipinski definition) is 2. The van der Waals surface area contributed by atoms with Crippen molar-refractivity contribution < 1.29 is 4.79 Å². The molecule has 0 bridgehead atoms. The Bertz CT molecular complexity index is 407. The lowest BCUT2D eigenvalue weighted by atomic mass is 10.2. The number of halogens is 2. The third-order valence-electron chi connectivity index (χ3n) is 2.13. The van der Waals surface area contributed by atoms with Gasteiger partial charge in [-0.2, -0.15) is 0 Å². The van der Waals surface area contributed by atoms with Gasteiger partial charge in [-0.25, -0.2) is 0 Å². The molecular weight excluding hydrogens is 348 g/mol. The molecule has 1 amide bonds. The molecule has 1 rings (SSSR count). The molecular formula is C12H16Br2N2O. The van der Waals surface area contributed by atoms with Gasteiger partial charge in [0, 0.05) is 20.7 Å². The molecule has 1 aromatic rings. The number of nitrogens with one attached hydrogen (secondary N) is 2. The molecule has 3 nitrogen and oxygen atoms in total. The molecule has 0 aromatic heterocycles. The Hall–Kier alpha value is -0.550. The van der Waals surface area contributed by atoms with E-state index in [1.165, 1.54) is 0 Å². The molecule has 0 fully saturated rings. The normalized spacial score (nSPS) is 12.4. The highest BCUT2D eigenvalue weighted by Gasteiger charge is 2.14. The van der Waals surface area contributed by atoms with E-state index in [-0.39, 0.29) is 18.0 Å². The Morgan fingerprint density at radius 3 is 2.41 bits per heavy atom. The summed E-state index contributed by atoms with van der Waals surface area (Å²) in [6.45, 7) is 5.73. The van der Waals surface area contributed by atoms with Gasteiger partial charge in [0.15, 0.2) is 0 Å². The van der Waals surface area contributed by atoms with E-state index in [1.807, 2.05) is 39.0 Å². The highest BCUT2D eigenvalue weighted by atomic mass is 79.9. The summed E-state index contributed by atoms with van der Waals surface area (Å²) in [6.07, 6.45) is 0. The largest absolute Gasteiger partial charge is 0.373 e. The van der Waals surface area contributed by atoms with Crippen LogP contribution in [0.15, 0.2) is 27.1 Å². The Morgan fingerprint density at radius 2 is 1.88 bits per heavy atom. The first-order chi connectivity index (χ1) is 7.90. The molecule has 0 radical (unpaired) electrons. The number of carbonyl (C=O) groups excluding carboxylic acids is 1. The average molecular weight is 364 g/mol. The second kappa shape index (κ2) is 6.40. The number of hydrogen-bond acceptors (Lipinski definition) is 2. The van der Waals surface area contributed by atoms with Gasteiger partial charge in [-0.3, -0.25) is 4.79 Å². The summed E-state index contributed by atoms with van der Waals surface area (Å²) < 4.78 is 1.92. The Morgan fingerprint density at radius 1 is 1.24 bits per heavy atom. The van der Waals surface area contributed by atoms with Crippen molar-refractivity contribution in [3.05, 3.63) is 27.1 Å². The molecule has 0 aliphatic heterocycles. The summed E-state index contributed by atoms with van der Waals surface area (Å²) in [7, 11) is 0. The maximum atomic E-state index is 11.7. The lowest BCUT2D eigenvalue weighted by Gasteiger charge is -2.18. The molecule has 1 aromatic carbocycles. The van der Waals surface area contributed by atoms with E-state index in [0.717, 1.165) is 14.6 Å². The van der Waals surface area contributed by atoms with Crippen molar-refractivity contribution in [2.75, 3.05) is 5.32 Å². The van der Waals surface area contributed by atoms with Crippen LogP contribution < -0.4 is 10.6 Å². The SMILES string of the molecule is CC(C)NC(=O)C(C)Nc1ccc(Br)cc1Br. The fourth-order valence-electron chi connectivity index (χ4n) is 1.31. The van der Waals surface area contributed by atoms with Crippen molar-refractivity contribution in [3.63, 3.8) is 0 Å². The van der Waals surface area contributed by atoms with Gasteiger partial charge in [-0.15, -0.1) is 0 Å². The molecule has 94 valence electrons. The van der Waals surface area contributed by atoms with Gasteiger partial charge < -0.3 is 10.6 Å². The van der Waals surface area contributed by atoms with Crippen molar-refractivity contribution in [3.8, 4) is 0 Å². The van der Waals surface area contributed by atoms with Gasteiger partial charge >= 0.3 is 0 Å². The van der Waals surface area contributed by atoms with E-state index in [1.54, 1.807) is 0 Å². The zero-order valence-electron chi connectivity index (χ0n) is 10.1. The van der Waals surface area contributed by atoms with E-state index in [0.29, 0.717) is 0 Å². The standard InChI is InChI=1S/C12H16Br2N2O/c1-7(2)15-12(17)8(3)16-11-5-4-9(13)6-10(11)14/h4-8,16H,1-3H3,(H,15,17). The van der Waals surface area contributed by atoms with Crippen molar-refractivity contribution in [1.82, 2.24) is 5.32 Å². The van der Waals surface area contributed by atoms with Crippen LogP contribution in [0, 0.1) is 0 Å². The van der Waals surface area contributed by atoms with Crippen LogP contribution in [-0.2, 0) is 4.79 Å². The van der Waals surface area contributed by atoms with Crippen LogP contribution >= 0.6 is 31.9 Å². The fraction of sp³-hybridized carbons (Fsp3) is 0.417. The van der Waals surface area contributed by atoms with E-state index < -0.39 is 0 Å². The van der Waals surface area contributed by atoms with Crippen molar-refractivity contribution in [2.45, 2.75) is 32.9 Å². The molecule has 2 N–H and O–H groups in total. The lowest BCUT2D eigenvalue weighted by molar-refractivity contribution is -0.122. The zero-order chi connectivity index (χ0) is 13.0. The summed E-state index contributed by atoms with van der Waals surface area (Å²) in [4.78, 5) is 11.7. The highest BCUT2D eigenvalue weighted by molar-refractivity contribution is 9.11. The number of benzene rings is 1. The maximum absolute atomic E-state index is 11.7. The van der Waals surface area contributed by atoms with Crippen LogP contribution in [0.1, 0.15) is 20.8 Å². The number of carbonyl (C=O) groups is 1. The second-order valence-electron chi connectivity index (χ2n) is 4.15. The first-order valence-electron chi connectivity index (χ1n) is 5.42. The minimum Gasteiger partial charge on any atom is -0.373 e. The molecule has 1 atom stereocenters. The quantitative estimate of drug-likeness (QED) is 0.858. The Kier molecular flexibility index (Phi) is 5.46. The van der Waals surface area contributed by atoms with Crippen LogP contribution in [0.4, 0.5) is 5.69 Å². The minimum absolute atomic E-state index is 0.00480. The van der Waals surface area contributed by atoms with Crippen molar-refractivity contribution >= 4 is 43.5 Å². The molecule has 0 aliphatic carbocycles. The molecule has 0 saturated carbocycles. The fourth-order valence-corrected chi connectivity index (χ4v) is 2.48.